The molecule has 0 bridgehead atoms. The number of esters is 1. The van der Waals surface area contributed by atoms with Crippen LogP contribution in [0.2, 0.25) is 0 Å². The van der Waals surface area contributed by atoms with Gasteiger partial charge in [-0.2, -0.15) is 0 Å². The lowest BCUT2D eigenvalue weighted by atomic mass is 10.5. The van der Waals surface area contributed by atoms with E-state index in [1.54, 1.807) is 0 Å². The molecule has 0 rings (SSSR count). The van der Waals surface area contributed by atoms with Crippen LogP contribution < -0.4 is 0 Å². The van der Waals surface area contributed by atoms with Gasteiger partial charge < -0.3 is 9.84 Å². The normalized spacial score (nSPS) is 10.2. The summed E-state index contributed by atoms with van der Waals surface area (Å²) >= 11 is 20.1. The highest BCUT2D eigenvalue weighted by atomic mass is 35.5. The molecule has 14 heavy (non-hydrogen) atoms. The molecule has 0 aliphatic carbocycles. The average molecular weight is 286 g/mol. The van der Waals surface area contributed by atoms with Gasteiger partial charge in [-0.05, 0) is 6.92 Å². The summed E-state index contributed by atoms with van der Waals surface area (Å²) in [5, 5.41) is 7.99. The van der Waals surface area contributed by atoms with Gasteiger partial charge in [-0.1, -0.05) is 46.4 Å². The number of hydrogen-bond acceptors (Lipinski definition) is 3. The third-order valence-electron chi connectivity index (χ3n) is 0.755. The maximum atomic E-state index is 10.0. The number of halogens is 4. The fourth-order valence-corrected chi connectivity index (χ4v) is 0.267. The Bertz CT molecular complexity index is 196. The fraction of sp³-hybridized carbons (Fsp3) is 0.667. The summed E-state index contributed by atoms with van der Waals surface area (Å²) in [6, 6.07) is 0. The molecule has 0 saturated heterocycles. The van der Waals surface area contributed by atoms with E-state index in [0.29, 0.717) is 0 Å². The molecule has 0 radical (unpaired) electrons. The molecule has 84 valence electrons. The van der Waals surface area contributed by atoms with E-state index in [1.807, 2.05) is 0 Å². The van der Waals surface area contributed by atoms with Crippen molar-refractivity contribution < 1.29 is 19.4 Å². The molecule has 0 aromatic carbocycles. The lowest BCUT2D eigenvalue weighted by Gasteiger charge is -2.02. The Morgan fingerprint density at radius 1 is 1.36 bits per heavy atom. The lowest BCUT2D eigenvalue weighted by Crippen LogP contribution is -2.19. The fourth-order valence-electron chi connectivity index (χ4n) is 0.0891. The number of carboxylic acid groups (broad SMARTS) is 1. The van der Waals surface area contributed by atoms with E-state index in [2.05, 4.69) is 4.74 Å². The Labute approximate surface area is 101 Å². The lowest BCUT2D eigenvalue weighted by molar-refractivity contribution is -0.139. The summed E-state index contributed by atoms with van der Waals surface area (Å²) in [4.78, 5) is 18.7. The molecule has 0 fully saturated rings. The van der Waals surface area contributed by atoms with Crippen molar-refractivity contribution in [1.82, 2.24) is 0 Å². The molecule has 8 heteroatoms. The topological polar surface area (TPSA) is 63.6 Å². The van der Waals surface area contributed by atoms with Crippen molar-refractivity contribution >= 4 is 58.3 Å². The largest absolute Gasteiger partial charge is 0.479 e. The standard InChI is InChI=1S/2C3H4Cl2O2/c1-7-3(6)2(4)5;1-3(4,5)2(6)7/h2H,1H3;1H3,(H,6,7). The molecule has 0 aromatic heterocycles. The molecular formula is C6H8Cl4O4. The summed E-state index contributed by atoms with van der Waals surface area (Å²) in [6.07, 6.45) is 0. The van der Waals surface area contributed by atoms with Crippen LogP contribution >= 0.6 is 46.4 Å². The van der Waals surface area contributed by atoms with Crippen molar-refractivity contribution in [2.75, 3.05) is 7.11 Å². The van der Waals surface area contributed by atoms with Gasteiger partial charge in [0, 0.05) is 0 Å². The molecule has 0 amide bonds. The maximum Gasteiger partial charge on any atom is 0.339 e. The Hall–Kier alpha value is 0.1000. The predicted molar refractivity (Wildman–Crippen MR) is 55.3 cm³/mol. The molecular weight excluding hydrogens is 278 g/mol. The second-order valence-electron chi connectivity index (χ2n) is 2.02. The molecule has 0 aliphatic rings. The SMILES string of the molecule is CC(Cl)(Cl)C(=O)O.COC(=O)C(Cl)Cl. The number of carboxylic acids is 1. The maximum absolute atomic E-state index is 10.0. The number of carbonyl (C=O) groups is 2. The number of ether oxygens (including phenoxy) is 1. The van der Waals surface area contributed by atoms with Crippen LogP contribution in [0.25, 0.3) is 0 Å². The van der Waals surface area contributed by atoms with Gasteiger partial charge in [0.15, 0.2) is 0 Å². The molecule has 0 heterocycles. The quantitative estimate of drug-likeness (QED) is 0.624. The monoisotopic (exact) mass is 284 g/mol. The first-order chi connectivity index (χ1) is 6.12. The van der Waals surface area contributed by atoms with Crippen LogP contribution in [0, 0.1) is 0 Å². The van der Waals surface area contributed by atoms with Gasteiger partial charge in [0.2, 0.25) is 9.17 Å². The molecule has 1 N–H and O–H groups in total. The van der Waals surface area contributed by atoms with E-state index in [9.17, 15) is 9.59 Å². The molecule has 0 spiro atoms. The van der Waals surface area contributed by atoms with E-state index >= 15 is 0 Å². The molecule has 0 atom stereocenters. The summed E-state index contributed by atoms with van der Waals surface area (Å²) in [6.45, 7) is 1.19. The van der Waals surface area contributed by atoms with E-state index in [-0.39, 0.29) is 0 Å². The molecule has 0 unspecified atom stereocenters. The smallest absolute Gasteiger partial charge is 0.339 e. The van der Waals surface area contributed by atoms with E-state index in [1.165, 1.54) is 14.0 Å². The second kappa shape index (κ2) is 7.40. The zero-order valence-corrected chi connectivity index (χ0v) is 10.3. The number of carbonyl (C=O) groups excluding carboxylic acids is 1. The van der Waals surface area contributed by atoms with Crippen molar-refractivity contribution in [2.24, 2.45) is 0 Å². The van der Waals surface area contributed by atoms with Crippen molar-refractivity contribution in [1.29, 1.82) is 0 Å². The summed E-state index contributed by atoms with van der Waals surface area (Å²) in [5.41, 5.74) is 0. The van der Waals surface area contributed by atoms with E-state index in [4.69, 9.17) is 51.5 Å². The summed E-state index contributed by atoms with van der Waals surface area (Å²) < 4.78 is 2.47. The van der Waals surface area contributed by atoms with Crippen molar-refractivity contribution in [2.45, 2.75) is 16.1 Å². The van der Waals surface area contributed by atoms with Crippen molar-refractivity contribution in [3.05, 3.63) is 0 Å². The minimum Gasteiger partial charge on any atom is -0.479 e. The minimum absolute atomic E-state index is 0.622. The number of alkyl halides is 4. The van der Waals surface area contributed by atoms with Crippen LogP contribution in [0.4, 0.5) is 0 Å². The number of hydrogen-bond donors (Lipinski definition) is 1. The van der Waals surface area contributed by atoms with Crippen LogP contribution in [-0.4, -0.2) is 33.3 Å². The Morgan fingerprint density at radius 3 is 1.64 bits per heavy atom. The van der Waals surface area contributed by atoms with Crippen molar-refractivity contribution in [3.63, 3.8) is 0 Å². The number of aliphatic carboxylic acids is 1. The first-order valence-electron chi connectivity index (χ1n) is 3.10. The highest BCUT2D eigenvalue weighted by molar-refractivity contribution is 6.57. The highest BCUT2D eigenvalue weighted by Crippen LogP contribution is 2.18. The minimum atomic E-state index is -1.64. The first kappa shape index (κ1) is 16.5. The molecule has 0 aromatic rings. The average Bonchev–Trinajstić information content (AvgIpc) is 2.02. The van der Waals surface area contributed by atoms with E-state index in [0.717, 1.165) is 0 Å². The molecule has 4 nitrogen and oxygen atoms in total. The number of rotatable bonds is 2. The van der Waals surface area contributed by atoms with Crippen LogP contribution in [0.15, 0.2) is 0 Å². The number of methoxy groups -OCH3 is 1. The second-order valence-corrected chi connectivity index (χ2v) is 4.82. The van der Waals surface area contributed by atoms with Crippen LogP contribution in [0.3, 0.4) is 0 Å². The van der Waals surface area contributed by atoms with Gasteiger partial charge in [-0.3, -0.25) is 0 Å². The highest BCUT2D eigenvalue weighted by Gasteiger charge is 2.25. The van der Waals surface area contributed by atoms with Gasteiger partial charge >= 0.3 is 11.9 Å². The van der Waals surface area contributed by atoms with Gasteiger partial charge in [0.05, 0.1) is 7.11 Å². The Morgan fingerprint density at radius 2 is 1.64 bits per heavy atom. The van der Waals surface area contributed by atoms with Gasteiger partial charge in [0.25, 0.3) is 0 Å². The Balaban J connectivity index is 0. The Kier molecular flexibility index (Phi) is 8.73. The zero-order chi connectivity index (χ0) is 11.9. The van der Waals surface area contributed by atoms with Gasteiger partial charge in [-0.15, -0.1) is 0 Å². The summed E-state index contributed by atoms with van der Waals surface area (Å²) in [5.74, 6) is -1.85. The van der Waals surface area contributed by atoms with Crippen LogP contribution in [-0.2, 0) is 14.3 Å². The van der Waals surface area contributed by atoms with Crippen LogP contribution in [0.5, 0.6) is 0 Å². The van der Waals surface area contributed by atoms with Gasteiger partial charge in [-0.25, -0.2) is 9.59 Å². The predicted octanol–water partition coefficient (Wildman–Crippen LogP) is 2.23. The van der Waals surface area contributed by atoms with Gasteiger partial charge in [0.1, 0.15) is 0 Å². The zero-order valence-electron chi connectivity index (χ0n) is 7.26. The first-order valence-corrected chi connectivity index (χ1v) is 4.73. The van der Waals surface area contributed by atoms with E-state index < -0.39 is 21.1 Å². The van der Waals surface area contributed by atoms with Crippen LogP contribution in [0.1, 0.15) is 6.92 Å². The molecule has 0 saturated carbocycles. The third kappa shape index (κ3) is 10.2. The molecule has 0 aliphatic heterocycles. The van der Waals surface area contributed by atoms with Crippen molar-refractivity contribution in [3.8, 4) is 0 Å². The summed E-state index contributed by atoms with van der Waals surface area (Å²) in [7, 11) is 1.22. The third-order valence-corrected chi connectivity index (χ3v) is 1.43.